The Hall–Kier alpha value is -3.10. The minimum Gasteiger partial charge on any atom is -0.448 e. The van der Waals surface area contributed by atoms with E-state index in [1.54, 1.807) is 16.7 Å². The molecule has 2 aromatic carbocycles. The summed E-state index contributed by atoms with van der Waals surface area (Å²) >= 11 is 0. The summed E-state index contributed by atoms with van der Waals surface area (Å²) in [6.07, 6.45) is -0.479. The first-order valence-electron chi connectivity index (χ1n) is 10.1. The van der Waals surface area contributed by atoms with Crippen LogP contribution in [0, 0.1) is 0 Å². The van der Waals surface area contributed by atoms with Gasteiger partial charge in [0.05, 0.1) is 12.1 Å². The van der Waals surface area contributed by atoms with Gasteiger partial charge in [-0.25, -0.2) is 9.59 Å². The number of ether oxygens (including phenoxy) is 1. The van der Waals surface area contributed by atoms with Crippen LogP contribution in [0.15, 0.2) is 57.7 Å². The van der Waals surface area contributed by atoms with Gasteiger partial charge in [0, 0.05) is 38.4 Å². The van der Waals surface area contributed by atoms with Crippen LogP contribution in [-0.2, 0) is 11.3 Å². The van der Waals surface area contributed by atoms with E-state index in [1.807, 2.05) is 36.4 Å². The van der Waals surface area contributed by atoms with Crippen LogP contribution in [-0.4, -0.2) is 66.8 Å². The smallest absolute Gasteiger partial charge is 0.420 e. The van der Waals surface area contributed by atoms with E-state index in [9.17, 15) is 9.59 Å². The fourth-order valence-electron chi connectivity index (χ4n) is 3.59. The van der Waals surface area contributed by atoms with E-state index in [1.165, 1.54) is 0 Å². The van der Waals surface area contributed by atoms with Gasteiger partial charge in [0.25, 0.3) is 0 Å². The molecule has 0 aliphatic carbocycles. The van der Waals surface area contributed by atoms with Crippen molar-refractivity contribution in [1.29, 1.82) is 0 Å². The van der Waals surface area contributed by atoms with Gasteiger partial charge < -0.3 is 14.1 Å². The maximum Gasteiger partial charge on any atom is 0.420 e. The van der Waals surface area contributed by atoms with E-state index in [0.717, 1.165) is 43.8 Å². The number of amides is 1. The Morgan fingerprint density at radius 2 is 1.90 bits per heavy atom. The molecule has 1 N–H and O–H groups in total. The lowest BCUT2D eigenvalue weighted by molar-refractivity contribution is 0.111. The van der Waals surface area contributed by atoms with E-state index in [4.69, 9.17) is 9.15 Å². The first-order chi connectivity index (χ1) is 14.6. The molecule has 1 fully saturated rings. The molecule has 158 valence electrons. The zero-order chi connectivity index (χ0) is 20.9. The summed E-state index contributed by atoms with van der Waals surface area (Å²) in [4.78, 5) is 28.9. The van der Waals surface area contributed by atoms with Crippen molar-refractivity contribution in [3.05, 3.63) is 64.6 Å². The van der Waals surface area contributed by atoms with Crippen molar-refractivity contribution in [3.8, 4) is 0 Å². The molecule has 4 rings (SSSR count). The first kappa shape index (κ1) is 20.2. The summed E-state index contributed by atoms with van der Waals surface area (Å²) in [7, 11) is 2.11. The molecule has 30 heavy (non-hydrogen) atoms. The molecule has 1 aliphatic heterocycles. The Balaban J connectivity index is 1.32. The number of nitrogens with one attached hydrogen (secondary N) is 1. The molecule has 8 heteroatoms. The minimum absolute atomic E-state index is 0.351. The molecule has 0 unspecified atom stereocenters. The molecule has 2 heterocycles. The maximum absolute atomic E-state index is 12.2. The van der Waals surface area contributed by atoms with Crippen LogP contribution in [0.1, 0.15) is 5.56 Å². The monoisotopic (exact) mass is 410 g/mol. The molecule has 1 aromatic heterocycles. The number of benzene rings is 2. The Morgan fingerprint density at radius 1 is 1.10 bits per heavy atom. The standard InChI is InChI=1S/C22H26N4O4/c1-24-9-11-25(12-10-24)13-14-29-21(27)23-18-6-4-5-17(15-18)16-26-19-7-2-3-8-20(19)30-22(26)28/h2-8,15H,9-14,16H2,1H3,(H,23,27). The Bertz CT molecular complexity index is 1070. The van der Waals surface area contributed by atoms with Crippen LogP contribution in [0.3, 0.4) is 0 Å². The molecular formula is C22H26N4O4. The predicted molar refractivity (Wildman–Crippen MR) is 115 cm³/mol. The van der Waals surface area contributed by atoms with Crippen LogP contribution in [0.2, 0.25) is 0 Å². The number of piperazine rings is 1. The van der Waals surface area contributed by atoms with Gasteiger partial charge in [-0.3, -0.25) is 14.8 Å². The number of fused-ring (bicyclic) bond motifs is 1. The highest BCUT2D eigenvalue weighted by Crippen LogP contribution is 2.16. The highest BCUT2D eigenvalue weighted by molar-refractivity contribution is 5.84. The van der Waals surface area contributed by atoms with Crippen LogP contribution < -0.4 is 11.1 Å². The molecule has 1 saturated heterocycles. The Morgan fingerprint density at radius 3 is 2.73 bits per heavy atom. The predicted octanol–water partition coefficient (Wildman–Crippen LogP) is 2.44. The second kappa shape index (κ2) is 9.15. The van der Waals surface area contributed by atoms with Crippen molar-refractivity contribution in [2.24, 2.45) is 0 Å². The zero-order valence-electron chi connectivity index (χ0n) is 17.0. The van der Waals surface area contributed by atoms with Crippen molar-refractivity contribution < 1.29 is 13.9 Å². The molecule has 3 aromatic rings. The lowest BCUT2D eigenvalue weighted by atomic mass is 10.2. The average Bonchev–Trinajstić information content (AvgIpc) is 3.05. The van der Waals surface area contributed by atoms with Crippen molar-refractivity contribution in [3.63, 3.8) is 0 Å². The molecule has 1 aliphatic rings. The van der Waals surface area contributed by atoms with E-state index in [2.05, 4.69) is 22.2 Å². The number of rotatable bonds is 6. The molecule has 0 atom stereocenters. The summed E-state index contributed by atoms with van der Waals surface area (Å²) in [5.74, 6) is -0.405. The van der Waals surface area contributed by atoms with Crippen molar-refractivity contribution in [1.82, 2.24) is 14.4 Å². The highest BCUT2D eigenvalue weighted by Gasteiger charge is 2.14. The average molecular weight is 410 g/mol. The third-order valence-electron chi connectivity index (χ3n) is 5.32. The highest BCUT2D eigenvalue weighted by atomic mass is 16.5. The van der Waals surface area contributed by atoms with Crippen molar-refractivity contribution in [2.75, 3.05) is 51.7 Å². The summed E-state index contributed by atoms with van der Waals surface area (Å²) in [6, 6.07) is 14.7. The summed E-state index contributed by atoms with van der Waals surface area (Å²) in [5.41, 5.74) is 2.79. The molecule has 8 nitrogen and oxygen atoms in total. The third-order valence-corrected chi connectivity index (χ3v) is 5.32. The molecule has 1 amide bonds. The van der Waals surface area contributed by atoms with Crippen LogP contribution in [0.4, 0.5) is 10.5 Å². The van der Waals surface area contributed by atoms with Crippen LogP contribution in [0.5, 0.6) is 0 Å². The third kappa shape index (κ3) is 4.90. The lowest BCUT2D eigenvalue weighted by Crippen LogP contribution is -2.45. The number of carbonyl (C=O) groups is 1. The van der Waals surface area contributed by atoms with Gasteiger partial charge in [0.2, 0.25) is 0 Å². The SMILES string of the molecule is CN1CCN(CCOC(=O)Nc2cccc(Cn3c(=O)oc4ccccc43)c2)CC1. The van der Waals surface area contributed by atoms with Gasteiger partial charge in [-0.05, 0) is 36.9 Å². The maximum atomic E-state index is 12.2. The molecule has 0 spiro atoms. The number of para-hydroxylation sites is 2. The molecule has 0 radical (unpaired) electrons. The van der Waals surface area contributed by atoms with Gasteiger partial charge >= 0.3 is 11.8 Å². The topological polar surface area (TPSA) is 80.0 Å². The molecule has 0 bridgehead atoms. The summed E-state index contributed by atoms with van der Waals surface area (Å²) in [6.45, 7) is 5.49. The quantitative estimate of drug-likeness (QED) is 0.672. The Labute approximate surface area is 174 Å². The van der Waals surface area contributed by atoms with E-state index >= 15 is 0 Å². The van der Waals surface area contributed by atoms with E-state index in [0.29, 0.717) is 24.4 Å². The molecular weight excluding hydrogens is 384 g/mol. The summed E-state index contributed by atoms with van der Waals surface area (Å²) < 4.78 is 12.2. The number of hydrogen-bond donors (Lipinski definition) is 1. The summed E-state index contributed by atoms with van der Waals surface area (Å²) in [5, 5.41) is 2.76. The number of nitrogens with zero attached hydrogens (tertiary/aromatic N) is 3. The largest absolute Gasteiger partial charge is 0.448 e. The fraction of sp³-hybridized carbons (Fsp3) is 0.364. The fourth-order valence-corrected chi connectivity index (χ4v) is 3.59. The number of aromatic nitrogens is 1. The van der Waals surface area contributed by atoms with Gasteiger partial charge in [-0.2, -0.15) is 0 Å². The van der Waals surface area contributed by atoms with Gasteiger partial charge in [0.1, 0.15) is 6.61 Å². The van der Waals surface area contributed by atoms with Crippen LogP contribution in [0.25, 0.3) is 11.1 Å². The minimum atomic E-state index is -0.479. The van der Waals surface area contributed by atoms with Crippen molar-refractivity contribution in [2.45, 2.75) is 6.54 Å². The zero-order valence-corrected chi connectivity index (χ0v) is 17.0. The second-order valence-electron chi connectivity index (χ2n) is 7.53. The first-order valence-corrected chi connectivity index (χ1v) is 10.1. The lowest BCUT2D eigenvalue weighted by Gasteiger charge is -2.31. The van der Waals surface area contributed by atoms with E-state index in [-0.39, 0.29) is 0 Å². The normalized spacial score (nSPS) is 15.4. The molecule has 0 saturated carbocycles. The van der Waals surface area contributed by atoms with Crippen molar-refractivity contribution >= 4 is 22.9 Å². The second-order valence-corrected chi connectivity index (χ2v) is 7.53. The number of anilines is 1. The Kier molecular flexibility index (Phi) is 6.15. The van der Waals surface area contributed by atoms with Gasteiger partial charge in [0.15, 0.2) is 5.58 Å². The van der Waals surface area contributed by atoms with Crippen LogP contribution >= 0.6 is 0 Å². The number of carbonyl (C=O) groups excluding carboxylic acids is 1. The number of likely N-dealkylation sites (N-methyl/N-ethyl adjacent to an activating group) is 1. The van der Waals surface area contributed by atoms with Gasteiger partial charge in [-0.1, -0.05) is 24.3 Å². The van der Waals surface area contributed by atoms with Gasteiger partial charge in [-0.15, -0.1) is 0 Å². The number of oxazole rings is 1. The number of hydrogen-bond acceptors (Lipinski definition) is 6. The van der Waals surface area contributed by atoms with E-state index < -0.39 is 11.8 Å².